The zero-order valence-electron chi connectivity index (χ0n) is 10.6. The van der Waals surface area contributed by atoms with Gasteiger partial charge in [-0.3, -0.25) is 4.79 Å². The number of fused-ring (bicyclic) bond motifs is 1. The van der Waals surface area contributed by atoms with Gasteiger partial charge in [-0.05, 0) is 29.2 Å². The van der Waals surface area contributed by atoms with Crippen molar-refractivity contribution in [2.45, 2.75) is 18.8 Å². The molecule has 0 aliphatic heterocycles. The summed E-state index contributed by atoms with van der Waals surface area (Å²) < 4.78 is 0. The molecule has 2 heteroatoms. The fourth-order valence-corrected chi connectivity index (χ4v) is 3.00. The minimum absolute atomic E-state index is 0.0774. The zero-order valence-corrected chi connectivity index (χ0v) is 10.6. The summed E-state index contributed by atoms with van der Waals surface area (Å²) in [6.07, 6.45) is 5.53. The summed E-state index contributed by atoms with van der Waals surface area (Å²) in [6, 6.07) is 14.4. The monoisotopic (exact) mass is 252 g/mol. The van der Waals surface area contributed by atoms with Crippen LogP contribution in [0.15, 0.2) is 54.6 Å². The molecule has 0 spiro atoms. The summed E-state index contributed by atoms with van der Waals surface area (Å²) in [4.78, 5) is 11.4. The molecule has 2 nitrogen and oxygen atoms in total. The zero-order chi connectivity index (χ0) is 13.2. The second kappa shape index (κ2) is 4.88. The number of benzene rings is 2. The van der Waals surface area contributed by atoms with Gasteiger partial charge >= 0.3 is 5.97 Å². The predicted molar refractivity (Wildman–Crippen MR) is 76.2 cm³/mol. The average Bonchev–Trinajstić information content (AvgIpc) is 2.46. The van der Waals surface area contributed by atoms with Crippen LogP contribution < -0.4 is 0 Å². The van der Waals surface area contributed by atoms with Crippen LogP contribution in [-0.2, 0) is 4.79 Å². The molecular weight excluding hydrogens is 236 g/mol. The molecule has 96 valence electrons. The third-order valence-corrected chi connectivity index (χ3v) is 3.97. The van der Waals surface area contributed by atoms with Crippen molar-refractivity contribution in [1.29, 1.82) is 0 Å². The molecule has 0 bridgehead atoms. The van der Waals surface area contributed by atoms with Crippen molar-refractivity contribution < 1.29 is 9.90 Å². The van der Waals surface area contributed by atoms with Gasteiger partial charge in [0.25, 0.3) is 0 Å². The van der Waals surface area contributed by atoms with Crippen LogP contribution in [0, 0.1) is 5.92 Å². The molecule has 0 saturated heterocycles. The SMILES string of the molecule is O=C(O)[C@@H]1CC=CC[C@H]1c1cccc2ccccc12. The molecule has 0 heterocycles. The van der Waals surface area contributed by atoms with E-state index in [9.17, 15) is 9.90 Å². The van der Waals surface area contributed by atoms with Crippen molar-refractivity contribution in [3.05, 3.63) is 60.2 Å². The summed E-state index contributed by atoms with van der Waals surface area (Å²) in [6.45, 7) is 0. The minimum Gasteiger partial charge on any atom is -0.481 e. The molecule has 0 amide bonds. The Morgan fingerprint density at radius 3 is 2.58 bits per heavy atom. The van der Waals surface area contributed by atoms with E-state index >= 15 is 0 Å². The topological polar surface area (TPSA) is 37.3 Å². The van der Waals surface area contributed by atoms with Crippen LogP contribution in [0.4, 0.5) is 0 Å². The van der Waals surface area contributed by atoms with Gasteiger partial charge in [0, 0.05) is 5.92 Å². The molecule has 1 N–H and O–H groups in total. The Morgan fingerprint density at radius 1 is 1.00 bits per heavy atom. The number of allylic oxidation sites excluding steroid dienone is 2. The summed E-state index contributed by atoms with van der Waals surface area (Å²) in [5.74, 6) is -0.924. The van der Waals surface area contributed by atoms with Gasteiger partial charge in [-0.2, -0.15) is 0 Å². The first-order valence-electron chi connectivity index (χ1n) is 6.63. The summed E-state index contributed by atoms with van der Waals surface area (Å²) in [5.41, 5.74) is 1.16. The molecule has 0 fully saturated rings. The van der Waals surface area contributed by atoms with E-state index in [1.54, 1.807) is 0 Å². The highest BCUT2D eigenvalue weighted by atomic mass is 16.4. The normalized spacial score (nSPS) is 22.5. The second-order valence-electron chi connectivity index (χ2n) is 5.06. The minimum atomic E-state index is -0.692. The highest BCUT2D eigenvalue weighted by molar-refractivity contribution is 5.87. The third kappa shape index (κ3) is 2.14. The molecule has 1 aliphatic rings. The molecule has 2 aromatic carbocycles. The number of hydrogen-bond acceptors (Lipinski definition) is 1. The highest BCUT2D eigenvalue weighted by Gasteiger charge is 2.30. The van der Waals surface area contributed by atoms with Gasteiger partial charge in [-0.1, -0.05) is 54.6 Å². The Balaban J connectivity index is 2.12. The van der Waals surface area contributed by atoms with Gasteiger partial charge in [0.15, 0.2) is 0 Å². The lowest BCUT2D eigenvalue weighted by molar-refractivity contribution is -0.142. The van der Waals surface area contributed by atoms with Crippen molar-refractivity contribution >= 4 is 16.7 Å². The molecular formula is C17H16O2. The van der Waals surface area contributed by atoms with E-state index < -0.39 is 5.97 Å². The highest BCUT2D eigenvalue weighted by Crippen LogP contribution is 2.38. The van der Waals surface area contributed by atoms with E-state index in [0.29, 0.717) is 6.42 Å². The van der Waals surface area contributed by atoms with Crippen molar-refractivity contribution in [2.75, 3.05) is 0 Å². The summed E-state index contributed by atoms with van der Waals surface area (Å²) in [7, 11) is 0. The lowest BCUT2D eigenvalue weighted by Crippen LogP contribution is -2.23. The summed E-state index contributed by atoms with van der Waals surface area (Å²) in [5, 5.41) is 11.8. The van der Waals surface area contributed by atoms with Crippen LogP contribution in [-0.4, -0.2) is 11.1 Å². The Hall–Kier alpha value is -2.09. The van der Waals surface area contributed by atoms with Gasteiger partial charge in [-0.25, -0.2) is 0 Å². The largest absolute Gasteiger partial charge is 0.481 e. The first-order chi connectivity index (χ1) is 9.27. The number of aliphatic carboxylic acids is 1. The van der Waals surface area contributed by atoms with E-state index in [0.717, 1.165) is 12.0 Å². The fraction of sp³-hybridized carbons (Fsp3) is 0.235. The lowest BCUT2D eigenvalue weighted by Gasteiger charge is -2.26. The van der Waals surface area contributed by atoms with E-state index in [4.69, 9.17) is 0 Å². The number of carboxylic acid groups (broad SMARTS) is 1. The molecule has 0 radical (unpaired) electrons. The van der Waals surface area contributed by atoms with Crippen LogP contribution >= 0.6 is 0 Å². The third-order valence-electron chi connectivity index (χ3n) is 3.97. The number of rotatable bonds is 2. The molecule has 0 saturated carbocycles. The molecule has 2 atom stereocenters. The maximum absolute atomic E-state index is 11.4. The van der Waals surface area contributed by atoms with Crippen molar-refractivity contribution in [2.24, 2.45) is 5.92 Å². The summed E-state index contributed by atoms with van der Waals surface area (Å²) >= 11 is 0. The Kier molecular flexibility index (Phi) is 3.08. The lowest BCUT2D eigenvalue weighted by atomic mass is 9.77. The first kappa shape index (κ1) is 12.0. The van der Waals surface area contributed by atoms with Gasteiger partial charge < -0.3 is 5.11 Å². The van der Waals surface area contributed by atoms with E-state index in [-0.39, 0.29) is 11.8 Å². The molecule has 0 unspecified atom stereocenters. The Morgan fingerprint density at radius 2 is 1.74 bits per heavy atom. The van der Waals surface area contributed by atoms with E-state index in [2.05, 4.69) is 30.3 Å². The van der Waals surface area contributed by atoms with Crippen LogP contribution in [0.1, 0.15) is 24.3 Å². The van der Waals surface area contributed by atoms with E-state index in [1.165, 1.54) is 10.8 Å². The standard InChI is InChI=1S/C17H16O2/c18-17(19)16-10-4-3-9-15(16)14-11-5-7-12-6-1-2-8-13(12)14/h1-8,11,15-16H,9-10H2,(H,18,19)/t15-,16+/m0/s1. The maximum Gasteiger partial charge on any atom is 0.307 e. The Labute approximate surface area is 112 Å². The second-order valence-corrected chi connectivity index (χ2v) is 5.06. The number of carboxylic acids is 1. The molecule has 3 rings (SSSR count). The molecule has 1 aliphatic carbocycles. The Bertz CT molecular complexity index is 637. The quantitative estimate of drug-likeness (QED) is 0.821. The average molecular weight is 252 g/mol. The fourth-order valence-electron chi connectivity index (χ4n) is 3.00. The maximum atomic E-state index is 11.4. The number of hydrogen-bond donors (Lipinski definition) is 1. The van der Waals surface area contributed by atoms with Gasteiger partial charge in [-0.15, -0.1) is 0 Å². The number of carbonyl (C=O) groups is 1. The van der Waals surface area contributed by atoms with Crippen molar-refractivity contribution in [3.8, 4) is 0 Å². The molecule has 19 heavy (non-hydrogen) atoms. The van der Waals surface area contributed by atoms with Gasteiger partial charge in [0.05, 0.1) is 5.92 Å². The van der Waals surface area contributed by atoms with E-state index in [1.807, 2.05) is 24.3 Å². The van der Waals surface area contributed by atoms with Crippen LogP contribution in [0.25, 0.3) is 10.8 Å². The van der Waals surface area contributed by atoms with Gasteiger partial charge in [0.1, 0.15) is 0 Å². The van der Waals surface area contributed by atoms with Crippen LogP contribution in [0.2, 0.25) is 0 Å². The van der Waals surface area contributed by atoms with Crippen LogP contribution in [0.5, 0.6) is 0 Å². The first-order valence-corrected chi connectivity index (χ1v) is 6.63. The van der Waals surface area contributed by atoms with Crippen LogP contribution in [0.3, 0.4) is 0 Å². The van der Waals surface area contributed by atoms with Gasteiger partial charge in [0.2, 0.25) is 0 Å². The smallest absolute Gasteiger partial charge is 0.307 e. The molecule has 0 aromatic heterocycles. The molecule has 2 aromatic rings. The van der Waals surface area contributed by atoms with Crippen molar-refractivity contribution in [3.63, 3.8) is 0 Å². The van der Waals surface area contributed by atoms with Crippen molar-refractivity contribution in [1.82, 2.24) is 0 Å². The predicted octanol–water partition coefficient (Wildman–Crippen LogP) is 3.97.